The van der Waals surface area contributed by atoms with Gasteiger partial charge < -0.3 is 4.74 Å². The molecule has 0 saturated carbocycles. The van der Waals surface area contributed by atoms with E-state index in [0.29, 0.717) is 5.88 Å². The highest BCUT2D eigenvalue weighted by atomic mass is 16.5. The maximum Gasteiger partial charge on any atom is 0.337 e. The van der Waals surface area contributed by atoms with Gasteiger partial charge in [0, 0.05) is 24.3 Å². The first-order valence-electron chi connectivity index (χ1n) is 12.1. The lowest BCUT2D eigenvalue weighted by Crippen LogP contribution is -2.06. The third-order valence-electron chi connectivity index (χ3n) is 5.63. The lowest BCUT2D eigenvalue weighted by molar-refractivity contribution is -0.129. The molecule has 0 aliphatic carbocycles. The van der Waals surface area contributed by atoms with Crippen LogP contribution >= 0.6 is 0 Å². The molecule has 3 heteroatoms. The third-order valence-corrected chi connectivity index (χ3v) is 5.63. The first-order chi connectivity index (χ1) is 15.2. The number of aryl methyl sites for hydroxylation is 1. The standard InChI is InChI=1S/C28H39NO2/c1-3-5-7-8-9-12-15-24-19-21-27(29-23-24)31-28(30)22-20-26(16-11-6-4-2)25-17-13-10-14-18-25/h10,13-14,17-23,26H,3-9,11-12,15-16H2,1-2H3/b22-20+. The minimum Gasteiger partial charge on any atom is -0.404 e. The number of esters is 1. The highest BCUT2D eigenvalue weighted by Gasteiger charge is 2.09. The first kappa shape index (κ1) is 24.8. The van der Waals surface area contributed by atoms with E-state index in [9.17, 15) is 4.79 Å². The van der Waals surface area contributed by atoms with E-state index in [0.717, 1.165) is 19.3 Å². The average Bonchev–Trinajstić information content (AvgIpc) is 2.80. The lowest BCUT2D eigenvalue weighted by atomic mass is 9.93. The summed E-state index contributed by atoms with van der Waals surface area (Å²) >= 11 is 0. The Morgan fingerprint density at radius 3 is 2.32 bits per heavy atom. The molecule has 168 valence electrons. The summed E-state index contributed by atoms with van der Waals surface area (Å²) in [4.78, 5) is 16.6. The molecule has 2 aromatic rings. The molecule has 0 N–H and O–H groups in total. The smallest absolute Gasteiger partial charge is 0.337 e. The number of carbonyl (C=O) groups is 1. The normalized spacial score (nSPS) is 12.2. The number of aromatic nitrogens is 1. The number of nitrogens with zero attached hydrogens (tertiary/aromatic N) is 1. The molecule has 0 saturated heterocycles. The van der Waals surface area contributed by atoms with Crippen molar-refractivity contribution in [2.75, 3.05) is 0 Å². The predicted molar refractivity (Wildman–Crippen MR) is 129 cm³/mol. The molecule has 0 amide bonds. The summed E-state index contributed by atoms with van der Waals surface area (Å²) in [5.41, 5.74) is 2.44. The fourth-order valence-corrected chi connectivity index (χ4v) is 3.75. The van der Waals surface area contributed by atoms with Crippen molar-refractivity contribution in [3.05, 3.63) is 71.9 Å². The summed E-state index contributed by atoms with van der Waals surface area (Å²) in [5, 5.41) is 0. The van der Waals surface area contributed by atoms with Crippen LogP contribution in [0.15, 0.2) is 60.8 Å². The van der Waals surface area contributed by atoms with Crippen molar-refractivity contribution in [3.63, 3.8) is 0 Å². The van der Waals surface area contributed by atoms with Crippen LogP contribution in [0.1, 0.15) is 95.1 Å². The second-order valence-corrected chi connectivity index (χ2v) is 8.32. The molecule has 2 rings (SSSR count). The molecule has 1 heterocycles. The van der Waals surface area contributed by atoms with Crippen molar-refractivity contribution in [1.29, 1.82) is 0 Å². The van der Waals surface area contributed by atoms with Crippen LogP contribution in [0.4, 0.5) is 0 Å². The van der Waals surface area contributed by atoms with E-state index in [1.54, 1.807) is 12.1 Å². The van der Waals surface area contributed by atoms with Gasteiger partial charge in [-0.15, -0.1) is 0 Å². The van der Waals surface area contributed by atoms with E-state index in [4.69, 9.17) is 4.74 Å². The molecule has 0 spiro atoms. The van der Waals surface area contributed by atoms with E-state index in [-0.39, 0.29) is 11.9 Å². The minimum atomic E-state index is -0.368. The number of hydrogen-bond acceptors (Lipinski definition) is 3. The Bertz CT molecular complexity index is 752. The second kappa shape index (κ2) is 15.4. The van der Waals surface area contributed by atoms with Gasteiger partial charge in [-0.3, -0.25) is 0 Å². The monoisotopic (exact) mass is 421 g/mol. The molecule has 1 aromatic heterocycles. The van der Waals surface area contributed by atoms with Gasteiger partial charge in [-0.2, -0.15) is 0 Å². The van der Waals surface area contributed by atoms with Crippen LogP contribution in [0.3, 0.4) is 0 Å². The van der Waals surface area contributed by atoms with Crippen LogP contribution in [0, 0.1) is 0 Å². The Hall–Kier alpha value is -2.42. The van der Waals surface area contributed by atoms with Gasteiger partial charge in [0.25, 0.3) is 0 Å². The predicted octanol–water partition coefficient (Wildman–Crippen LogP) is 7.81. The minimum absolute atomic E-state index is 0.230. The number of ether oxygens (including phenoxy) is 1. The van der Waals surface area contributed by atoms with Crippen LogP contribution in [0.25, 0.3) is 0 Å². The molecule has 0 aliphatic heterocycles. The van der Waals surface area contributed by atoms with E-state index < -0.39 is 0 Å². The third kappa shape index (κ3) is 10.4. The van der Waals surface area contributed by atoms with E-state index in [1.165, 1.54) is 62.5 Å². The zero-order chi connectivity index (χ0) is 22.2. The van der Waals surface area contributed by atoms with Gasteiger partial charge in [-0.1, -0.05) is 108 Å². The number of rotatable bonds is 15. The Labute approximate surface area is 188 Å². The van der Waals surface area contributed by atoms with Gasteiger partial charge in [0.1, 0.15) is 0 Å². The number of benzene rings is 1. The molecule has 0 fully saturated rings. The van der Waals surface area contributed by atoms with Crippen molar-refractivity contribution in [2.24, 2.45) is 0 Å². The highest BCUT2D eigenvalue weighted by Crippen LogP contribution is 2.24. The van der Waals surface area contributed by atoms with Crippen molar-refractivity contribution >= 4 is 5.97 Å². The quantitative estimate of drug-likeness (QED) is 0.167. The molecule has 0 radical (unpaired) electrons. The zero-order valence-electron chi connectivity index (χ0n) is 19.4. The molecule has 0 aliphatic rings. The van der Waals surface area contributed by atoms with Gasteiger partial charge in [-0.25, -0.2) is 9.78 Å². The molecule has 3 nitrogen and oxygen atoms in total. The summed E-state index contributed by atoms with van der Waals surface area (Å²) in [6.07, 6.45) is 18.7. The summed E-state index contributed by atoms with van der Waals surface area (Å²) in [6, 6.07) is 14.2. The Morgan fingerprint density at radius 2 is 1.61 bits per heavy atom. The van der Waals surface area contributed by atoms with Crippen LogP contribution in [0.2, 0.25) is 0 Å². The number of allylic oxidation sites excluding steroid dienone is 1. The molecule has 1 unspecified atom stereocenters. The van der Waals surface area contributed by atoms with Gasteiger partial charge in [0.15, 0.2) is 0 Å². The Balaban J connectivity index is 1.82. The van der Waals surface area contributed by atoms with Crippen LogP contribution in [-0.4, -0.2) is 11.0 Å². The summed E-state index contributed by atoms with van der Waals surface area (Å²) < 4.78 is 5.41. The van der Waals surface area contributed by atoms with Crippen molar-refractivity contribution < 1.29 is 9.53 Å². The van der Waals surface area contributed by atoms with E-state index in [1.807, 2.05) is 36.5 Å². The van der Waals surface area contributed by atoms with Crippen LogP contribution < -0.4 is 4.74 Å². The van der Waals surface area contributed by atoms with Crippen LogP contribution in [-0.2, 0) is 11.2 Å². The lowest BCUT2D eigenvalue weighted by Gasteiger charge is -2.13. The number of unbranched alkanes of at least 4 members (excludes halogenated alkanes) is 7. The van der Waals surface area contributed by atoms with Crippen LogP contribution in [0.5, 0.6) is 5.88 Å². The van der Waals surface area contributed by atoms with Gasteiger partial charge in [0.05, 0.1) is 0 Å². The maximum atomic E-state index is 12.3. The zero-order valence-corrected chi connectivity index (χ0v) is 19.4. The Morgan fingerprint density at radius 1 is 0.903 bits per heavy atom. The largest absolute Gasteiger partial charge is 0.404 e. The highest BCUT2D eigenvalue weighted by molar-refractivity contribution is 5.83. The molecule has 1 aromatic carbocycles. The summed E-state index contributed by atoms with van der Waals surface area (Å²) in [5.74, 6) is 0.226. The molecule has 31 heavy (non-hydrogen) atoms. The summed E-state index contributed by atoms with van der Waals surface area (Å²) in [6.45, 7) is 4.45. The van der Waals surface area contributed by atoms with Gasteiger partial charge in [-0.05, 0) is 30.4 Å². The molecular weight excluding hydrogens is 382 g/mol. The topological polar surface area (TPSA) is 39.2 Å². The van der Waals surface area contributed by atoms with Crippen molar-refractivity contribution in [3.8, 4) is 5.88 Å². The molecular formula is C28H39NO2. The fraction of sp³-hybridized carbons (Fsp3) is 0.500. The number of pyridine rings is 1. The van der Waals surface area contributed by atoms with Crippen molar-refractivity contribution in [2.45, 2.75) is 90.4 Å². The van der Waals surface area contributed by atoms with Gasteiger partial charge >= 0.3 is 5.97 Å². The van der Waals surface area contributed by atoms with Gasteiger partial charge in [0.2, 0.25) is 5.88 Å². The number of hydrogen-bond donors (Lipinski definition) is 0. The SMILES string of the molecule is CCCCCCCCc1ccc(OC(=O)/C=C/C(CCCCC)c2ccccc2)nc1. The fourth-order valence-electron chi connectivity index (χ4n) is 3.75. The summed E-state index contributed by atoms with van der Waals surface area (Å²) in [7, 11) is 0. The average molecular weight is 422 g/mol. The number of carbonyl (C=O) groups excluding carboxylic acids is 1. The maximum absolute atomic E-state index is 12.3. The Kier molecular flexibility index (Phi) is 12.3. The molecule has 0 bridgehead atoms. The second-order valence-electron chi connectivity index (χ2n) is 8.32. The van der Waals surface area contributed by atoms with E-state index in [2.05, 4.69) is 31.0 Å². The van der Waals surface area contributed by atoms with Crippen molar-refractivity contribution in [1.82, 2.24) is 4.98 Å². The molecule has 1 atom stereocenters. The first-order valence-corrected chi connectivity index (χ1v) is 12.1. The van der Waals surface area contributed by atoms with E-state index >= 15 is 0 Å².